The van der Waals surface area contributed by atoms with E-state index in [-0.39, 0.29) is 6.10 Å². The maximum atomic E-state index is 6.37. The first-order valence-electron chi connectivity index (χ1n) is 9.16. The van der Waals surface area contributed by atoms with Gasteiger partial charge in [0.15, 0.2) is 5.79 Å². The van der Waals surface area contributed by atoms with E-state index >= 15 is 0 Å². The van der Waals surface area contributed by atoms with Crippen LogP contribution in [0, 0.1) is 0 Å². The number of hydrogen-bond acceptors (Lipinski definition) is 4. The van der Waals surface area contributed by atoms with Crippen LogP contribution in [-0.2, 0) is 15.9 Å². The average molecular weight is 341 g/mol. The highest BCUT2D eigenvalue weighted by Gasteiger charge is 2.41. The summed E-state index contributed by atoms with van der Waals surface area (Å²) in [5.74, 6) is 2.76. The van der Waals surface area contributed by atoms with Crippen molar-refractivity contribution < 1.29 is 9.47 Å². The summed E-state index contributed by atoms with van der Waals surface area (Å²) >= 11 is 2.00. The van der Waals surface area contributed by atoms with Crippen LogP contribution >= 0.6 is 11.8 Å². The third kappa shape index (κ3) is 6.48. The summed E-state index contributed by atoms with van der Waals surface area (Å²) in [4.78, 5) is 7.54. The van der Waals surface area contributed by atoms with Crippen molar-refractivity contribution in [2.75, 3.05) is 18.1 Å². The Hall–Kier alpha value is -0.520. The van der Waals surface area contributed by atoms with E-state index in [1.165, 1.54) is 37.9 Å². The van der Waals surface area contributed by atoms with Crippen molar-refractivity contribution in [2.45, 2.75) is 77.1 Å². The molecular weight excluding hydrogens is 308 g/mol. The molecule has 1 aliphatic heterocycles. The molecule has 0 radical (unpaired) electrons. The Morgan fingerprint density at radius 3 is 2.83 bits per heavy atom. The third-order valence-corrected chi connectivity index (χ3v) is 5.45. The van der Waals surface area contributed by atoms with Crippen LogP contribution in [0.1, 0.15) is 64.6 Å². The molecule has 4 nitrogen and oxygen atoms in total. The van der Waals surface area contributed by atoms with Crippen molar-refractivity contribution in [1.29, 1.82) is 0 Å². The Balaban J connectivity index is 1.81. The first-order valence-corrected chi connectivity index (χ1v) is 10.3. The smallest absolute Gasteiger partial charge is 0.175 e. The van der Waals surface area contributed by atoms with E-state index in [0.717, 1.165) is 30.8 Å². The standard InChI is InChI=1S/C18H32N2O2S/c1-3-5-7-9-18(13-17-19-10-11-20-17)21-14-16(22-18)15-23-12-8-6-4-2/h10-11,16H,3-9,12-15H2,1-2H3,(H,19,20). The molecule has 23 heavy (non-hydrogen) atoms. The number of rotatable bonds is 12. The molecule has 0 bridgehead atoms. The molecule has 2 heterocycles. The van der Waals surface area contributed by atoms with Gasteiger partial charge in [-0.1, -0.05) is 39.5 Å². The topological polar surface area (TPSA) is 47.1 Å². The van der Waals surface area contributed by atoms with Gasteiger partial charge in [-0.3, -0.25) is 0 Å². The molecular formula is C18H32N2O2S. The van der Waals surface area contributed by atoms with Crippen LogP contribution in [0.25, 0.3) is 0 Å². The zero-order valence-electron chi connectivity index (χ0n) is 14.7. The highest BCUT2D eigenvalue weighted by atomic mass is 32.2. The van der Waals surface area contributed by atoms with Crippen LogP contribution < -0.4 is 0 Å². The monoisotopic (exact) mass is 340 g/mol. The molecule has 132 valence electrons. The van der Waals surface area contributed by atoms with Gasteiger partial charge in [-0.05, 0) is 18.6 Å². The minimum atomic E-state index is -0.471. The van der Waals surface area contributed by atoms with Crippen LogP contribution in [0.4, 0.5) is 0 Å². The SMILES string of the molecule is CCCCCSCC1COC(CCCCC)(Cc2ncc[nH]2)O1. The van der Waals surface area contributed by atoms with E-state index in [1.807, 2.05) is 18.0 Å². The van der Waals surface area contributed by atoms with Gasteiger partial charge < -0.3 is 14.5 Å². The van der Waals surface area contributed by atoms with E-state index in [0.29, 0.717) is 6.61 Å². The van der Waals surface area contributed by atoms with Crippen molar-refractivity contribution in [2.24, 2.45) is 0 Å². The molecule has 2 unspecified atom stereocenters. The molecule has 1 fully saturated rings. The van der Waals surface area contributed by atoms with Crippen LogP contribution in [0.15, 0.2) is 12.4 Å². The van der Waals surface area contributed by atoms with Gasteiger partial charge in [0, 0.05) is 24.6 Å². The minimum Gasteiger partial charge on any atom is -0.348 e. The fraction of sp³-hybridized carbons (Fsp3) is 0.833. The number of H-pyrrole nitrogens is 1. The second-order valence-electron chi connectivity index (χ2n) is 6.41. The minimum absolute atomic E-state index is 0.221. The molecule has 5 heteroatoms. The van der Waals surface area contributed by atoms with Gasteiger partial charge >= 0.3 is 0 Å². The van der Waals surface area contributed by atoms with E-state index in [2.05, 4.69) is 23.8 Å². The molecule has 1 aromatic rings. The highest BCUT2D eigenvalue weighted by Crippen LogP contribution is 2.33. The summed E-state index contributed by atoms with van der Waals surface area (Å²) in [7, 11) is 0. The van der Waals surface area contributed by atoms with Crippen LogP contribution in [-0.4, -0.2) is 40.0 Å². The number of imidazole rings is 1. The van der Waals surface area contributed by atoms with Crippen molar-refractivity contribution in [1.82, 2.24) is 9.97 Å². The average Bonchev–Trinajstić information content (AvgIpc) is 3.18. The van der Waals surface area contributed by atoms with Crippen molar-refractivity contribution in [3.05, 3.63) is 18.2 Å². The number of ether oxygens (including phenoxy) is 2. The molecule has 1 N–H and O–H groups in total. The van der Waals surface area contributed by atoms with E-state index in [1.54, 1.807) is 6.20 Å². The molecule has 2 rings (SSSR count). The Labute approximate surface area is 145 Å². The second-order valence-corrected chi connectivity index (χ2v) is 7.56. The fourth-order valence-electron chi connectivity index (χ4n) is 2.97. The summed E-state index contributed by atoms with van der Waals surface area (Å²) in [5, 5.41) is 0. The van der Waals surface area contributed by atoms with Gasteiger partial charge in [-0.2, -0.15) is 11.8 Å². The number of nitrogens with one attached hydrogen (secondary N) is 1. The zero-order chi connectivity index (χ0) is 16.4. The second kappa shape index (κ2) is 10.4. The molecule has 0 saturated carbocycles. The Bertz CT molecular complexity index is 413. The lowest BCUT2D eigenvalue weighted by Gasteiger charge is -2.27. The summed E-state index contributed by atoms with van der Waals surface area (Å²) in [5.41, 5.74) is 0. The predicted octanol–water partition coefficient (Wildman–Crippen LogP) is 4.57. The maximum absolute atomic E-state index is 6.37. The summed E-state index contributed by atoms with van der Waals surface area (Å²) in [6.07, 6.45) is 13.1. The lowest BCUT2D eigenvalue weighted by atomic mass is 10.0. The third-order valence-electron chi connectivity index (χ3n) is 4.26. The fourth-order valence-corrected chi connectivity index (χ4v) is 3.98. The van der Waals surface area contributed by atoms with Gasteiger partial charge in [0.25, 0.3) is 0 Å². The van der Waals surface area contributed by atoms with Crippen LogP contribution in [0.3, 0.4) is 0 Å². The van der Waals surface area contributed by atoms with Crippen LogP contribution in [0.2, 0.25) is 0 Å². The molecule has 2 atom stereocenters. The first kappa shape index (κ1) is 18.8. The number of unbranched alkanes of at least 4 members (excludes halogenated alkanes) is 4. The van der Waals surface area contributed by atoms with Gasteiger partial charge in [0.1, 0.15) is 5.82 Å². The summed E-state index contributed by atoms with van der Waals surface area (Å²) in [6, 6.07) is 0. The quantitative estimate of drug-likeness (QED) is 0.566. The molecule has 1 aliphatic rings. The Kier molecular flexibility index (Phi) is 8.48. The van der Waals surface area contributed by atoms with E-state index in [4.69, 9.17) is 9.47 Å². The van der Waals surface area contributed by atoms with Crippen LogP contribution in [0.5, 0.6) is 0 Å². The number of aromatic nitrogens is 2. The number of aromatic amines is 1. The van der Waals surface area contributed by atoms with E-state index in [9.17, 15) is 0 Å². The number of hydrogen-bond donors (Lipinski definition) is 1. The van der Waals surface area contributed by atoms with Gasteiger partial charge in [-0.15, -0.1) is 0 Å². The molecule has 0 amide bonds. The van der Waals surface area contributed by atoms with E-state index < -0.39 is 5.79 Å². The van der Waals surface area contributed by atoms with Crippen molar-refractivity contribution in [3.63, 3.8) is 0 Å². The number of nitrogens with zero attached hydrogens (tertiary/aromatic N) is 1. The van der Waals surface area contributed by atoms with Gasteiger partial charge in [0.05, 0.1) is 19.1 Å². The molecule has 0 aromatic carbocycles. The summed E-state index contributed by atoms with van der Waals surface area (Å²) in [6.45, 7) is 5.19. The lowest BCUT2D eigenvalue weighted by Crippen LogP contribution is -2.34. The van der Waals surface area contributed by atoms with Gasteiger partial charge in [0.2, 0.25) is 0 Å². The van der Waals surface area contributed by atoms with Gasteiger partial charge in [-0.25, -0.2) is 4.98 Å². The largest absolute Gasteiger partial charge is 0.348 e. The lowest BCUT2D eigenvalue weighted by molar-refractivity contribution is -0.171. The Morgan fingerprint density at radius 1 is 1.26 bits per heavy atom. The predicted molar refractivity (Wildman–Crippen MR) is 96.8 cm³/mol. The van der Waals surface area contributed by atoms with Crippen molar-refractivity contribution >= 4 is 11.8 Å². The zero-order valence-corrected chi connectivity index (χ0v) is 15.5. The molecule has 0 aliphatic carbocycles. The maximum Gasteiger partial charge on any atom is 0.175 e. The molecule has 1 saturated heterocycles. The molecule has 1 aromatic heterocycles. The first-order chi connectivity index (χ1) is 11.3. The number of thioether (sulfide) groups is 1. The highest BCUT2D eigenvalue weighted by molar-refractivity contribution is 7.99. The van der Waals surface area contributed by atoms with Crippen molar-refractivity contribution in [3.8, 4) is 0 Å². The summed E-state index contributed by atoms with van der Waals surface area (Å²) < 4.78 is 12.5. The molecule has 0 spiro atoms. The Morgan fingerprint density at radius 2 is 2.09 bits per heavy atom. The normalized spacial score (nSPS) is 24.3.